The molecule has 0 saturated carbocycles. The lowest BCUT2D eigenvalue weighted by Crippen LogP contribution is -2.14. The van der Waals surface area contributed by atoms with Crippen LogP contribution in [0.3, 0.4) is 0 Å². The van der Waals surface area contributed by atoms with Crippen LogP contribution in [0.15, 0.2) is 47.4 Å². The molecule has 0 aliphatic heterocycles. The van der Waals surface area contributed by atoms with Crippen LogP contribution in [-0.4, -0.2) is 25.6 Å². The zero-order valence-electron chi connectivity index (χ0n) is 17.1. The molecule has 2 aromatic rings. The minimum atomic E-state index is -4.32. The summed E-state index contributed by atoms with van der Waals surface area (Å²) in [5.74, 6) is 2.55. The van der Waals surface area contributed by atoms with Gasteiger partial charge in [0.05, 0.1) is 19.3 Å². The third kappa shape index (κ3) is 8.93. The number of carbonyl (C=O) groups excluding carboxylic acids is 2. The van der Waals surface area contributed by atoms with Gasteiger partial charge in [0.15, 0.2) is 0 Å². The van der Waals surface area contributed by atoms with Gasteiger partial charge in [0, 0.05) is 16.6 Å². The molecular formula is C22H25F3O4S. The van der Waals surface area contributed by atoms with Gasteiger partial charge in [0.25, 0.3) is 0 Å². The van der Waals surface area contributed by atoms with Crippen molar-refractivity contribution >= 4 is 17.9 Å². The number of hydrogen-bond acceptors (Lipinski definition) is 5. The molecule has 0 amide bonds. The second-order valence-corrected chi connectivity index (χ2v) is 7.61. The van der Waals surface area contributed by atoms with Gasteiger partial charge in [-0.25, -0.2) is 0 Å². The van der Waals surface area contributed by atoms with Crippen molar-refractivity contribution in [1.29, 1.82) is 0 Å². The Morgan fingerprint density at radius 3 is 2.23 bits per heavy atom. The summed E-state index contributed by atoms with van der Waals surface area (Å²) in [4.78, 5) is 17.4. The largest absolute Gasteiger partial charge is 0.496 e. The molecule has 0 aromatic heterocycles. The second-order valence-electron chi connectivity index (χ2n) is 6.51. The number of alkyl halides is 3. The summed E-state index contributed by atoms with van der Waals surface area (Å²) >= 11 is 1.76. The Hall–Kier alpha value is -2.44. The maximum atomic E-state index is 12.6. The molecule has 0 aliphatic rings. The molecular weight excluding hydrogens is 417 g/mol. The van der Waals surface area contributed by atoms with E-state index < -0.39 is 11.7 Å². The van der Waals surface area contributed by atoms with E-state index in [9.17, 15) is 13.2 Å². The van der Waals surface area contributed by atoms with E-state index >= 15 is 0 Å². The Bertz CT molecular complexity index is 801. The number of hydrogen-bond donors (Lipinski definition) is 0. The van der Waals surface area contributed by atoms with Gasteiger partial charge in [-0.05, 0) is 61.4 Å². The average Bonchev–Trinajstić information content (AvgIpc) is 2.70. The fraction of sp³-hybridized carbons (Fsp3) is 0.409. The lowest BCUT2D eigenvalue weighted by molar-refractivity contribution is -0.191. The molecule has 2 aromatic carbocycles. The highest BCUT2D eigenvalue weighted by atomic mass is 32.2. The van der Waals surface area contributed by atoms with Crippen molar-refractivity contribution in [3.63, 3.8) is 0 Å². The SMILES string of the molecule is CCCC(COc1ccc(C(F)(F)F)cc1)CSc1ccc(OC)c(C)c1.O=C=O. The number of benzene rings is 2. The fourth-order valence-corrected chi connectivity index (χ4v) is 3.85. The van der Waals surface area contributed by atoms with Crippen LogP contribution in [-0.2, 0) is 15.8 Å². The Labute approximate surface area is 178 Å². The van der Waals surface area contributed by atoms with Crippen LogP contribution >= 0.6 is 11.8 Å². The van der Waals surface area contributed by atoms with Crippen LogP contribution < -0.4 is 9.47 Å². The summed E-state index contributed by atoms with van der Waals surface area (Å²) in [7, 11) is 1.66. The third-order valence-corrected chi connectivity index (χ3v) is 5.44. The Morgan fingerprint density at radius 1 is 1.10 bits per heavy atom. The molecule has 164 valence electrons. The summed E-state index contributed by atoms with van der Waals surface area (Å²) in [6.07, 6.45) is -2.04. The summed E-state index contributed by atoms with van der Waals surface area (Å²) in [6, 6.07) is 11.0. The van der Waals surface area contributed by atoms with Gasteiger partial charge in [0.2, 0.25) is 0 Å². The van der Waals surface area contributed by atoms with Crippen LogP contribution in [0.5, 0.6) is 11.5 Å². The molecule has 0 fully saturated rings. The standard InChI is InChI=1S/C21H25F3O2S.CO2/c1-4-5-16(14-27-19-10-11-20(25-3)15(2)12-19)13-26-18-8-6-17(7-9-18)21(22,23)24;2-1-3/h6-12,16H,4-5,13-14H2,1-3H3;. The van der Waals surface area contributed by atoms with Crippen molar-refractivity contribution in [2.24, 2.45) is 5.92 Å². The molecule has 30 heavy (non-hydrogen) atoms. The van der Waals surface area contributed by atoms with E-state index in [-0.39, 0.29) is 6.15 Å². The molecule has 0 radical (unpaired) electrons. The zero-order chi connectivity index (χ0) is 22.6. The summed E-state index contributed by atoms with van der Waals surface area (Å²) in [5, 5.41) is 0. The van der Waals surface area contributed by atoms with Crippen molar-refractivity contribution in [3.05, 3.63) is 53.6 Å². The first-order valence-electron chi connectivity index (χ1n) is 9.31. The molecule has 8 heteroatoms. The van der Waals surface area contributed by atoms with Crippen molar-refractivity contribution in [3.8, 4) is 11.5 Å². The minimum Gasteiger partial charge on any atom is -0.496 e. The normalized spacial score (nSPS) is 11.7. The van der Waals surface area contributed by atoms with Crippen LogP contribution in [0.25, 0.3) is 0 Å². The zero-order valence-corrected chi connectivity index (χ0v) is 17.9. The summed E-state index contributed by atoms with van der Waals surface area (Å²) in [5.41, 5.74) is 0.431. The third-order valence-electron chi connectivity index (χ3n) is 4.22. The molecule has 2 rings (SSSR count). The Morgan fingerprint density at radius 2 is 1.73 bits per heavy atom. The first kappa shape index (κ1) is 25.6. The van der Waals surface area contributed by atoms with E-state index in [1.54, 1.807) is 18.9 Å². The maximum Gasteiger partial charge on any atom is 0.416 e. The highest BCUT2D eigenvalue weighted by molar-refractivity contribution is 7.99. The second kappa shape index (κ2) is 13.0. The number of rotatable bonds is 9. The molecule has 0 N–H and O–H groups in total. The molecule has 1 unspecified atom stereocenters. The number of thioether (sulfide) groups is 1. The highest BCUT2D eigenvalue weighted by Crippen LogP contribution is 2.31. The van der Waals surface area contributed by atoms with Crippen molar-refractivity contribution < 1.29 is 32.2 Å². The highest BCUT2D eigenvalue weighted by Gasteiger charge is 2.30. The first-order valence-corrected chi connectivity index (χ1v) is 10.3. The number of aryl methyl sites for hydroxylation is 1. The van der Waals surface area contributed by atoms with Gasteiger partial charge in [-0.15, -0.1) is 11.8 Å². The van der Waals surface area contributed by atoms with Crippen LogP contribution in [0.4, 0.5) is 13.2 Å². The summed E-state index contributed by atoms with van der Waals surface area (Å²) < 4.78 is 48.9. The average molecular weight is 442 g/mol. The first-order chi connectivity index (χ1) is 14.2. The molecule has 1 atom stereocenters. The van der Waals surface area contributed by atoms with E-state index in [2.05, 4.69) is 13.0 Å². The molecule has 0 bridgehead atoms. The fourth-order valence-electron chi connectivity index (χ4n) is 2.73. The van der Waals surface area contributed by atoms with E-state index in [0.29, 0.717) is 18.3 Å². The van der Waals surface area contributed by atoms with Crippen LogP contribution in [0.2, 0.25) is 0 Å². The Kier molecular flexibility index (Phi) is 11.1. The predicted molar refractivity (Wildman–Crippen MR) is 109 cm³/mol. The van der Waals surface area contributed by atoms with Crippen LogP contribution in [0, 0.1) is 12.8 Å². The monoisotopic (exact) mass is 442 g/mol. The quantitative estimate of drug-likeness (QED) is 0.444. The summed E-state index contributed by atoms with van der Waals surface area (Å²) in [6.45, 7) is 4.62. The molecule has 0 saturated heterocycles. The van der Waals surface area contributed by atoms with E-state index in [1.165, 1.54) is 17.0 Å². The van der Waals surface area contributed by atoms with E-state index in [4.69, 9.17) is 19.1 Å². The van der Waals surface area contributed by atoms with Crippen molar-refractivity contribution in [2.75, 3.05) is 19.5 Å². The molecule has 0 spiro atoms. The Balaban J connectivity index is 0.00000141. The van der Waals surface area contributed by atoms with Gasteiger partial charge in [0.1, 0.15) is 11.5 Å². The minimum absolute atomic E-state index is 0.250. The van der Waals surface area contributed by atoms with Gasteiger partial charge >= 0.3 is 12.3 Å². The van der Waals surface area contributed by atoms with Crippen molar-refractivity contribution in [1.82, 2.24) is 0 Å². The molecule has 0 heterocycles. The van der Waals surface area contributed by atoms with Crippen molar-refractivity contribution in [2.45, 2.75) is 37.8 Å². The lowest BCUT2D eigenvalue weighted by atomic mass is 10.1. The number of methoxy groups -OCH3 is 1. The lowest BCUT2D eigenvalue weighted by Gasteiger charge is -2.17. The van der Waals surface area contributed by atoms with E-state index in [0.717, 1.165) is 42.0 Å². The number of halogens is 3. The van der Waals surface area contributed by atoms with Crippen LogP contribution in [0.1, 0.15) is 30.9 Å². The van der Waals surface area contributed by atoms with E-state index in [1.807, 2.05) is 19.1 Å². The topological polar surface area (TPSA) is 52.6 Å². The maximum absolute atomic E-state index is 12.6. The van der Waals surface area contributed by atoms with Gasteiger partial charge in [-0.3, -0.25) is 0 Å². The molecule has 0 aliphatic carbocycles. The van der Waals surface area contributed by atoms with Gasteiger partial charge < -0.3 is 9.47 Å². The number of ether oxygens (including phenoxy) is 2. The van der Waals surface area contributed by atoms with Gasteiger partial charge in [-0.2, -0.15) is 22.8 Å². The predicted octanol–water partition coefficient (Wildman–Crippen LogP) is 6.03. The van der Waals surface area contributed by atoms with Gasteiger partial charge in [-0.1, -0.05) is 13.3 Å². The smallest absolute Gasteiger partial charge is 0.416 e. The molecule has 4 nitrogen and oxygen atoms in total.